The molecular formula is C28H34ClF2N3OS. The Balaban J connectivity index is 0.000000450. The normalized spacial score (nSPS) is 10.2. The first-order valence-electron chi connectivity index (χ1n) is 11.4. The van der Waals surface area contributed by atoms with Crippen LogP contribution >= 0.6 is 23.4 Å². The molecule has 0 saturated carbocycles. The van der Waals surface area contributed by atoms with E-state index < -0.39 is 17.0 Å². The van der Waals surface area contributed by atoms with Crippen LogP contribution in [0.15, 0.2) is 71.9 Å². The van der Waals surface area contributed by atoms with Crippen LogP contribution in [-0.2, 0) is 16.6 Å². The van der Waals surface area contributed by atoms with Crippen LogP contribution in [0.1, 0.15) is 39.0 Å². The lowest BCUT2D eigenvalue weighted by molar-refractivity contribution is -0.111. The first kappa shape index (κ1) is 31.1. The quantitative estimate of drug-likeness (QED) is 0.226. The predicted octanol–water partition coefficient (Wildman–Crippen LogP) is 8.13. The Morgan fingerprint density at radius 2 is 1.83 bits per heavy atom. The molecule has 1 heterocycles. The summed E-state index contributed by atoms with van der Waals surface area (Å²) in [7, 11) is 1.54. The van der Waals surface area contributed by atoms with Crippen molar-refractivity contribution in [1.29, 1.82) is 0 Å². The number of aromatic nitrogens is 1. The molecule has 1 aromatic heterocycles. The first-order valence-corrected chi connectivity index (χ1v) is 13.0. The molecule has 0 aliphatic heterocycles. The third kappa shape index (κ3) is 9.63. The van der Waals surface area contributed by atoms with E-state index in [4.69, 9.17) is 11.6 Å². The Kier molecular flexibility index (Phi) is 13.2. The van der Waals surface area contributed by atoms with Gasteiger partial charge in [-0.25, -0.2) is 8.78 Å². The monoisotopic (exact) mass is 533 g/mol. The van der Waals surface area contributed by atoms with Crippen LogP contribution in [0.2, 0.25) is 5.02 Å². The molecule has 2 N–H and O–H groups in total. The summed E-state index contributed by atoms with van der Waals surface area (Å²) in [5, 5.41) is 6.33. The lowest BCUT2D eigenvalue weighted by atomic mass is 9.86. The van der Waals surface area contributed by atoms with E-state index in [-0.39, 0.29) is 5.69 Å². The van der Waals surface area contributed by atoms with Crippen LogP contribution in [0.5, 0.6) is 0 Å². The Bertz CT molecular complexity index is 1140. The fourth-order valence-electron chi connectivity index (χ4n) is 2.97. The molecule has 2 aromatic carbocycles. The second-order valence-electron chi connectivity index (χ2n) is 8.00. The molecule has 8 heteroatoms. The van der Waals surface area contributed by atoms with Crippen molar-refractivity contribution in [2.75, 3.05) is 23.9 Å². The highest BCUT2D eigenvalue weighted by Crippen LogP contribution is 2.31. The topological polar surface area (TPSA) is 54.0 Å². The second-order valence-corrected chi connectivity index (χ2v) is 9.29. The van der Waals surface area contributed by atoms with Gasteiger partial charge in [0.2, 0.25) is 0 Å². The van der Waals surface area contributed by atoms with E-state index >= 15 is 0 Å². The van der Waals surface area contributed by atoms with Gasteiger partial charge in [0.1, 0.15) is 17.9 Å². The number of carbonyl (C=O) groups is 1. The first-order chi connectivity index (χ1) is 17.1. The molecule has 0 amide bonds. The Morgan fingerprint density at radius 1 is 1.14 bits per heavy atom. The summed E-state index contributed by atoms with van der Waals surface area (Å²) in [4.78, 5) is 16.8. The van der Waals surface area contributed by atoms with Crippen molar-refractivity contribution in [2.45, 2.75) is 44.4 Å². The van der Waals surface area contributed by atoms with Gasteiger partial charge >= 0.3 is 0 Å². The van der Waals surface area contributed by atoms with Gasteiger partial charge < -0.3 is 15.4 Å². The van der Waals surface area contributed by atoms with Crippen molar-refractivity contribution in [3.63, 3.8) is 0 Å². The zero-order valence-electron chi connectivity index (χ0n) is 21.6. The predicted molar refractivity (Wildman–Crippen MR) is 150 cm³/mol. The maximum absolute atomic E-state index is 12.5. The average molecular weight is 534 g/mol. The fraction of sp³-hybridized carbons (Fsp3) is 0.286. The van der Waals surface area contributed by atoms with Gasteiger partial charge in [0.25, 0.3) is 0 Å². The van der Waals surface area contributed by atoms with Crippen LogP contribution in [0, 0.1) is 11.6 Å². The molecule has 3 aromatic rings. The molecule has 0 radical (unpaired) electrons. The van der Waals surface area contributed by atoms with Crippen LogP contribution in [-0.4, -0.2) is 24.6 Å². The number of nitrogens with one attached hydrogen (secondary N) is 2. The Morgan fingerprint density at radius 3 is 2.33 bits per heavy atom. The molecule has 0 fully saturated rings. The van der Waals surface area contributed by atoms with Crippen molar-refractivity contribution >= 4 is 41.0 Å². The van der Waals surface area contributed by atoms with Crippen molar-refractivity contribution in [1.82, 2.24) is 4.98 Å². The average Bonchev–Trinajstić information content (AvgIpc) is 2.87. The van der Waals surface area contributed by atoms with Gasteiger partial charge in [0.15, 0.2) is 0 Å². The van der Waals surface area contributed by atoms with E-state index in [0.29, 0.717) is 11.4 Å². The highest BCUT2D eigenvalue weighted by atomic mass is 35.5. The summed E-state index contributed by atoms with van der Waals surface area (Å²) in [6, 6.07) is 12.9. The highest BCUT2D eigenvalue weighted by Gasteiger charge is 2.22. The summed E-state index contributed by atoms with van der Waals surface area (Å²) in [6.07, 6.45) is 5.43. The third-order valence-electron chi connectivity index (χ3n) is 4.90. The molecule has 0 atom stereocenters. The molecule has 0 aliphatic rings. The third-order valence-corrected chi connectivity index (χ3v) is 5.93. The zero-order valence-corrected chi connectivity index (χ0v) is 23.2. The number of rotatable bonds is 8. The van der Waals surface area contributed by atoms with Crippen LogP contribution in [0.4, 0.5) is 20.2 Å². The van der Waals surface area contributed by atoms with E-state index in [1.165, 1.54) is 7.05 Å². The molecule has 4 nitrogen and oxygen atoms in total. The molecule has 194 valence electrons. The molecule has 0 bridgehead atoms. The zero-order chi connectivity index (χ0) is 27.3. The number of benzene rings is 2. The number of pyridine rings is 1. The van der Waals surface area contributed by atoms with Crippen LogP contribution in [0.3, 0.4) is 0 Å². The number of hydrogen-bond donors (Lipinski definition) is 2. The van der Waals surface area contributed by atoms with Gasteiger partial charge in [-0.05, 0) is 68.1 Å². The summed E-state index contributed by atoms with van der Waals surface area (Å²) >= 11 is 7.99. The minimum Gasteiger partial charge on any atom is -0.386 e. The summed E-state index contributed by atoms with van der Waals surface area (Å²) in [5.41, 5.74) is 3.02. The largest absolute Gasteiger partial charge is 0.386 e. The van der Waals surface area contributed by atoms with Crippen molar-refractivity contribution in [3.8, 4) is 0 Å². The fourth-order valence-corrected chi connectivity index (χ4v) is 3.76. The van der Waals surface area contributed by atoms with Gasteiger partial charge in [0.05, 0.1) is 5.69 Å². The molecular weight excluding hydrogens is 500 g/mol. The standard InChI is InChI=1S/C19H21ClN2OS.C7H7F2N.C2H6/c1-13(9-14-5-7-16(24-4)11-21-14)22-15-6-8-17(18(20)10-15)19(2,3)12-23;1-10-7-4-5(8)2-3-6(7)9;1-2/h5-8,10-12,22H,1,9H2,2-4H3;2-4,10H,1H3;1-2H3. The number of nitrogens with zero attached hydrogens (tertiary/aromatic N) is 1. The van der Waals surface area contributed by atoms with Gasteiger partial charge in [-0.1, -0.05) is 38.1 Å². The van der Waals surface area contributed by atoms with Gasteiger partial charge in [-0.2, -0.15) is 0 Å². The molecule has 0 spiro atoms. The maximum Gasteiger partial charge on any atom is 0.146 e. The van der Waals surface area contributed by atoms with E-state index in [1.54, 1.807) is 11.8 Å². The van der Waals surface area contributed by atoms with Crippen molar-refractivity contribution in [2.24, 2.45) is 0 Å². The molecule has 3 rings (SSSR count). The van der Waals surface area contributed by atoms with E-state index in [2.05, 4.69) is 22.2 Å². The Labute approximate surface area is 222 Å². The number of anilines is 2. The second kappa shape index (κ2) is 15.3. The smallest absolute Gasteiger partial charge is 0.146 e. The van der Waals surface area contributed by atoms with Crippen molar-refractivity contribution < 1.29 is 13.6 Å². The SMILES string of the molecule is C=C(Cc1ccc(SC)cn1)Nc1ccc(C(C)(C)C=O)c(Cl)c1.CC.CNc1cc(F)ccc1F. The molecule has 0 unspecified atom stereocenters. The molecule has 36 heavy (non-hydrogen) atoms. The van der Waals surface area contributed by atoms with Gasteiger partial charge in [-0.15, -0.1) is 11.8 Å². The maximum atomic E-state index is 12.5. The van der Waals surface area contributed by atoms with E-state index in [9.17, 15) is 13.6 Å². The Hall–Kier alpha value is -2.90. The number of allylic oxidation sites excluding steroid dienone is 1. The van der Waals surface area contributed by atoms with Crippen LogP contribution < -0.4 is 10.6 Å². The lowest BCUT2D eigenvalue weighted by Gasteiger charge is -2.20. The number of aldehydes is 1. The molecule has 0 aliphatic carbocycles. The van der Waals surface area contributed by atoms with Gasteiger partial charge in [0, 0.05) is 52.1 Å². The number of halogens is 3. The summed E-state index contributed by atoms with van der Waals surface area (Å²) in [5.74, 6) is -0.880. The number of thioether (sulfide) groups is 1. The minimum absolute atomic E-state index is 0.181. The molecule has 0 saturated heterocycles. The lowest BCUT2D eigenvalue weighted by Crippen LogP contribution is -2.19. The minimum atomic E-state index is -0.602. The van der Waals surface area contributed by atoms with Crippen molar-refractivity contribution in [3.05, 3.63) is 94.9 Å². The van der Waals surface area contributed by atoms with Gasteiger partial charge in [-0.3, -0.25) is 4.98 Å². The number of hydrogen-bond acceptors (Lipinski definition) is 5. The number of carbonyl (C=O) groups excluding carboxylic acids is 1. The van der Waals surface area contributed by atoms with Crippen LogP contribution in [0.25, 0.3) is 0 Å². The summed E-state index contributed by atoms with van der Waals surface area (Å²) < 4.78 is 24.9. The van der Waals surface area contributed by atoms with E-state index in [1.807, 2.05) is 70.5 Å². The summed E-state index contributed by atoms with van der Waals surface area (Å²) in [6.45, 7) is 11.7. The van der Waals surface area contributed by atoms with E-state index in [0.717, 1.165) is 52.0 Å². The highest BCUT2D eigenvalue weighted by molar-refractivity contribution is 7.98.